The van der Waals surface area contributed by atoms with E-state index in [1.165, 1.54) is 12.3 Å². The molecule has 0 spiro atoms. The van der Waals surface area contributed by atoms with E-state index in [9.17, 15) is 14.7 Å². The average Bonchev–Trinajstić information content (AvgIpc) is 2.61. The molecule has 6 nitrogen and oxygen atoms in total. The van der Waals surface area contributed by atoms with Gasteiger partial charge in [-0.3, -0.25) is 4.79 Å². The van der Waals surface area contributed by atoms with E-state index in [0.29, 0.717) is 12.0 Å². The highest BCUT2D eigenvalue weighted by Crippen LogP contribution is 2.21. The molecular formula is C13H15N3O3. The van der Waals surface area contributed by atoms with Crippen molar-refractivity contribution in [3.8, 4) is 5.75 Å². The molecule has 0 bridgehead atoms. The summed E-state index contributed by atoms with van der Waals surface area (Å²) >= 11 is 0. The van der Waals surface area contributed by atoms with Gasteiger partial charge in [0, 0.05) is 5.56 Å². The SMILES string of the molecule is CC[C@@]1(C)NC(=O)N(/N=C/c2ccccc2O)C1=O. The van der Waals surface area contributed by atoms with Crippen LogP contribution >= 0.6 is 0 Å². The van der Waals surface area contributed by atoms with Crippen LogP contribution in [0.4, 0.5) is 4.79 Å². The molecule has 1 saturated heterocycles. The first-order valence-corrected chi connectivity index (χ1v) is 5.96. The minimum Gasteiger partial charge on any atom is -0.507 e. The van der Waals surface area contributed by atoms with Crippen LogP contribution in [0.1, 0.15) is 25.8 Å². The van der Waals surface area contributed by atoms with Crippen molar-refractivity contribution in [1.82, 2.24) is 10.3 Å². The number of para-hydroxylation sites is 1. The normalized spacial score (nSPS) is 23.2. The smallest absolute Gasteiger partial charge is 0.346 e. The molecule has 0 aromatic heterocycles. The van der Waals surface area contributed by atoms with Crippen LogP contribution in [0.2, 0.25) is 0 Å². The van der Waals surface area contributed by atoms with E-state index in [4.69, 9.17) is 0 Å². The molecule has 2 N–H and O–H groups in total. The summed E-state index contributed by atoms with van der Waals surface area (Å²) in [7, 11) is 0. The van der Waals surface area contributed by atoms with Gasteiger partial charge in [-0.2, -0.15) is 5.10 Å². The Morgan fingerprint density at radius 3 is 2.68 bits per heavy atom. The lowest BCUT2D eigenvalue weighted by molar-refractivity contribution is -0.130. The van der Waals surface area contributed by atoms with Crippen LogP contribution in [-0.2, 0) is 4.79 Å². The number of hydrazone groups is 1. The zero-order valence-electron chi connectivity index (χ0n) is 10.8. The summed E-state index contributed by atoms with van der Waals surface area (Å²) in [5.74, 6) is -0.358. The van der Waals surface area contributed by atoms with Crippen molar-refractivity contribution in [3.63, 3.8) is 0 Å². The van der Waals surface area contributed by atoms with Crippen molar-refractivity contribution in [1.29, 1.82) is 0 Å². The number of benzene rings is 1. The maximum absolute atomic E-state index is 12.0. The van der Waals surface area contributed by atoms with Gasteiger partial charge in [0.15, 0.2) is 0 Å². The molecule has 2 rings (SSSR count). The van der Waals surface area contributed by atoms with Gasteiger partial charge < -0.3 is 10.4 Å². The van der Waals surface area contributed by atoms with E-state index in [2.05, 4.69) is 10.4 Å². The van der Waals surface area contributed by atoms with E-state index in [-0.39, 0.29) is 5.75 Å². The van der Waals surface area contributed by atoms with Crippen molar-refractivity contribution in [3.05, 3.63) is 29.8 Å². The quantitative estimate of drug-likeness (QED) is 0.638. The van der Waals surface area contributed by atoms with Gasteiger partial charge in [0.05, 0.1) is 6.21 Å². The summed E-state index contributed by atoms with van der Waals surface area (Å²) < 4.78 is 0. The second-order valence-corrected chi connectivity index (χ2v) is 4.54. The van der Waals surface area contributed by atoms with Crippen LogP contribution in [0.5, 0.6) is 5.75 Å². The Hall–Kier alpha value is -2.37. The summed E-state index contributed by atoms with van der Waals surface area (Å²) in [6.07, 6.45) is 1.77. The van der Waals surface area contributed by atoms with Gasteiger partial charge in [-0.25, -0.2) is 4.79 Å². The lowest BCUT2D eigenvalue weighted by atomic mass is 10.00. The van der Waals surface area contributed by atoms with Crippen molar-refractivity contribution < 1.29 is 14.7 Å². The van der Waals surface area contributed by atoms with Crippen molar-refractivity contribution >= 4 is 18.2 Å². The number of amides is 3. The van der Waals surface area contributed by atoms with Gasteiger partial charge in [0.2, 0.25) is 0 Å². The Kier molecular flexibility index (Phi) is 3.25. The summed E-state index contributed by atoms with van der Waals surface area (Å²) in [5.41, 5.74) is -0.471. The van der Waals surface area contributed by atoms with Crippen molar-refractivity contribution in [2.75, 3.05) is 0 Å². The molecule has 1 aliphatic rings. The summed E-state index contributed by atoms with van der Waals surface area (Å²) in [5, 5.41) is 16.8. The van der Waals surface area contributed by atoms with Gasteiger partial charge in [-0.15, -0.1) is 5.01 Å². The van der Waals surface area contributed by atoms with Gasteiger partial charge in [0.1, 0.15) is 11.3 Å². The number of aromatic hydroxyl groups is 1. The molecule has 1 aliphatic heterocycles. The molecule has 1 aromatic rings. The molecule has 1 aromatic carbocycles. The highest BCUT2D eigenvalue weighted by atomic mass is 16.3. The second-order valence-electron chi connectivity index (χ2n) is 4.54. The fraction of sp³-hybridized carbons (Fsp3) is 0.308. The average molecular weight is 261 g/mol. The lowest BCUT2D eigenvalue weighted by Crippen LogP contribution is -2.42. The Morgan fingerprint density at radius 1 is 1.42 bits per heavy atom. The first kappa shape index (κ1) is 13.1. The first-order chi connectivity index (χ1) is 8.98. The zero-order chi connectivity index (χ0) is 14.0. The van der Waals surface area contributed by atoms with Gasteiger partial charge >= 0.3 is 6.03 Å². The van der Waals surface area contributed by atoms with Gasteiger partial charge in [-0.05, 0) is 25.5 Å². The molecule has 1 fully saturated rings. The molecular weight excluding hydrogens is 246 g/mol. The summed E-state index contributed by atoms with van der Waals surface area (Å²) in [4.78, 5) is 23.7. The number of phenolic OH excluding ortho intramolecular Hbond substituents is 1. The number of phenols is 1. The van der Waals surface area contributed by atoms with Crippen LogP contribution in [0, 0.1) is 0 Å². The fourth-order valence-electron chi connectivity index (χ4n) is 1.73. The molecule has 3 amide bonds. The van der Waals surface area contributed by atoms with Gasteiger partial charge in [0.25, 0.3) is 5.91 Å². The molecule has 1 atom stereocenters. The number of nitrogens with one attached hydrogen (secondary N) is 1. The number of nitrogens with zero attached hydrogens (tertiary/aromatic N) is 2. The first-order valence-electron chi connectivity index (χ1n) is 5.96. The predicted octanol–water partition coefficient (Wildman–Crippen LogP) is 1.45. The zero-order valence-corrected chi connectivity index (χ0v) is 10.8. The second kappa shape index (κ2) is 4.72. The van der Waals surface area contributed by atoms with Crippen molar-refractivity contribution in [2.45, 2.75) is 25.8 Å². The van der Waals surface area contributed by atoms with E-state index in [1.807, 2.05) is 6.92 Å². The molecule has 0 radical (unpaired) electrons. The third-order valence-electron chi connectivity index (χ3n) is 3.20. The standard InChI is InChI=1S/C13H15N3O3/c1-3-13(2)11(18)16(12(19)15-13)14-8-9-6-4-5-7-10(9)17/h4-8,17H,3H2,1-2H3,(H,15,19)/b14-8+/t13-/m1/s1. The molecule has 1 heterocycles. The number of urea groups is 1. The Balaban J connectivity index is 2.23. The van der Waals surface area contributed by atoms with E-state index >= 15 is 0 Å². The van der Waals surface area contributed by atoms with Gasteiger partial charge in [-0.1, -0.05) is 19.1 Å². The van der Waals surface area contributed by atoms with Crippen LogP contribution in [0.3, 0.4) is 0 Å². The van der Waals surface area contributed by atoms with Crippen molar-refractivity contribution in [2.24, 2.45) is 5.10 Å². The summed E-state index contributed by atoms with van der Waals surface area (Å²) in [6, 6.07) is 5.98. The molecule has 100 valence electrons. The van der Waals surface area contributed by atoms with Crippen LogP contribution in [-0.4, -0.2) is 33.8 Å². The Morgan fingerprint density at radius 2 is 2.11 bits per heavy atom. The summed E-state index contributed by atoms with van der Waals surface area (Å²) in [6.45, 7) is 3.47. The molecule has 19 heavy (non-hydrogen) atoms. The third kappa shape index (κ3) is 2.29. The molecule has 6 heteroatoms. The molecule has 0 aliphatic carbocycles. The largest absolute Gasteiger partial charge is 0.507 e. The lowest BCUT2D eigenvalue weighted by Gasteiger charge is -2.17. The van der Waals surface area contributed by atoms with Crippen LogP contribution in [0.15, 0.2) is 29.4 Å². The maximum Gasteiger partial charge on any atom is 0.346 e. The highest BCUT2D eigenvalue weighted by molar-refractivity contribution is 6.07. The van der Waals surface area contributed by atoms with E-state index in [0.717, 1.165) is 5.01 Å². The van der Waals surface area contributed by atoms with E-state index in [1.54, 1.807) is 25.1 Å². The minimum absolute atomic E-state index is 0.0385. The number of imide groups is 1. The monoisotopic (exact) mass is 261 g/mol. The Labute approximate surface area is 110 Å². The number of carbonyl (C=O) groups is 2. The van der Waals surface area contributed by atoms with Crippen LogP contribution in [0.25, 0.3) is 0 Å². The van der Waals surface area contributed by atoms with Crippen LogP contribution < -0.4 is 5.32 Å². The number of rotatable bonds is 3. The number of carbonyl (C=O) groups excluding carboxylic acids is 2. The highest BCUT2D eigenvalue weighted by Gasteiger charge is 2.46. The third-order valence-corrected chi connectivity index (χ3v) is 3.20. The molecule has 0 saturated carbocycles. The van der Waals surface area contributed by atoms with E-state index < -0.39 is 17.5 Å². The fourth-order valence-corrected chi connectivity index (χ4v) is 1.73. The predicted molar refractivity (Wildman–Crippen MR) is 69.8 cm³/mol. The minimum atomic E-state index is -0.910. The maximum atomic E-state index is 12.0. The number of hydrogen-bond acceptors (Lipinski definition) is 4. The number of hydrogen-bond donors (Lipinski definition) is 2. The topological polar surface area (TPSA) is 82.0 Å². The molecule has 0 unspecified atom stereocenters. The Bertz CT molecular complexity index is 556.